The van der Waals surface area contributed by atoms with Crippen molar-refractivity contribution in [2.75, 3.05) is 6.54 Å². The van der Waals surface area contributed by atoms with E-state index in [4.69, 9.17) is 5.84 Å². The molecule has 1 unspecified atom stereocenters. The minimum atomic E-state index is -4.09. The third kappa shape index (κ3) is 4.81. The topological polar surface area (TPSA) is 29.3 Å². The minimum Gasteiger partial charge on any atom is -0.269 e. The third-order valence-corrected chi connectivity index (χ3v) is 2.35. The molecule has 0 aliphatic heterocycles. The van der Waals surface area contributed by atoms with Gasteiger partial charge in [-0.15, -0.1) is 0 Å². The van der Waals surface area contributed by atoms with Crippen molar-refractivity contribution in [2.45, 2.75) is 45.8 Å². The Morgan fingerprint density at radius 2 is 1.79 bits per heavy atom. The molecule has 1 atom stereocenters. The van der Waals surface area contributed by atoms with Crippen LogP contribution in [0.15, 0.2) is 0 Å². The molecule has 2 N–H and O–H groups in total. The van der Waals surface area contributed by atoms with Gasteiger partial charge in [-0.1, -0.05) is 6.92 Å². The second-order valence-electron chi connectivity index (χ2n) is 3.77. The van der Waals surface area contributed by atoms with Gasteiger partial charge in [0.05, 0.1) is 5.92 Å². The molecular weight excluding hydrogens is 193 g/mol. The molecule has 0 aromatic heterocycles. The Labute approximate surface area is 83.2 Å². The predicted octanol–water partition coefficient (Wildman–Crippen LogP) is 2.55. The van der Waals surface area contributed by atoms with Crippen LogP contribution in [0.4, 0.5) is 13.2 Å². The number of hydrogen-bond donors (Lipinski definition) is 1. The molecule has 0 bridgehead atoms. The molecule has 14 heavy (non-hydrogen) atoms. The van der Waals surface area contributed by atoms with E-state index < -0.39 is 12.1 Å². The van der Waals surface area contributed by atoms with E-state index in [1.165, 1.54) is 5.01 Å². The number of rotatable bonds is 5. The quantitative estimate of drug-likeness (QED) is 0.560. The van der Waals surface area contributed by atoms with Gasteiger partial charge in [-0.3, -0.25) is 5.84 Å². The van der Waals surface area contributed by atoms with Gasteiger partial charge in [-0.05, 0) is 26.7 Å². The maximum absolute atomic E-state index is 12.3. The van der Waals surface area contributed by atoms with Crippen LogP contribution in [0.3, 0.4) is 0 Å². The fourth-order valence-corrected chi connectivity index (χ4v) is 1.16. The first-order valence-electron chi connectivity index (χ1n) is 4.87. The van der Waals surface area contributed by atoms with Crippen LogP contribution in [0.1, 0.15) is 33.6 Å². The monoisotopic (exact) mass is 212 g/mol. The van der Waals surface area contributed by atoms with Crippen molar-refractivity contribution < 1.29 is 13.2 Å². The van der Waals surface area contributed by atoms with Crippen molar-refractivity contribution in [3.63, 3.8) is 0 Å². The lowest BCUT2D eigenvalue weighted by Crippen LogP contribution is -2.40. The highest BCUT2D eigenvalue weighted by molar-refractivity contribution is 4.68. The Bertz CT molecular complexity index is 157. The van der Waals surface area contributed by atoms with Crippen molar-refractivity contribution in [1.29, 1.82) is 0 Å². The molecule has 5 heteroatoms. The van der Waals surface area contributed by atoms with Crippen LogP contribution in [-0.2, 0) is 0 Å². The molecule has 0 fully saturated rings. The highest BCUT2D eigenvalue weighted by atomic mass is 19.4. The molecule has 0 amide bonds. The maximum atomic E-state index is 12.3. The third-order valence-electron chi connectivity index (χ3n) is 2.35. The molecule has 0 spiro atoms. The summed E-state index contributed by atoms with van der Waals surface area (Å²) in [5.74, 6) is 4.30. The van der Waals surface area contributed by atoms with Crippen molar-refractivity contribution in [3.05, 3.63) is 0 Å². The zero-order valence-corrected chi connectivity index (χ0v) is 8.93. The van der Waals surface area contributed by atoms with Crippen LogP contribution < -0.4 is 5.84 Å². The van der Waals surface area contributed by atoms with Crippen molar-refractivity contribution in [2.24, 2.45) is 11.8 Å². The largest absolute Gasteiger partial charge is 0.391 e. The highest BCUT2D eigenvalue weighted by Gasteiger charge is 2.37. The van der Waals surface area contributed by atoms with Gasteiger partial charge < -0.3 is 0 Å². The maximum Gasteiger partial charge on any atom is 0.391 e. The predicted molar refractivity (Wildman–Crippen MR) is 50.5 cm³/mol. The standard InChI is InChI=1S/C9H19F3N2/c1-4-8(9(10,11)12)5-6-14(13)7(2)3/h7-8H,4-6,13H2,1-3H3. The summed E-state index contributed by atoms with van der Waals surface area (Å²) in [5, 5.41) is 1.44. The number of nitrogens with two attached hydrogens (primary N) is 1. The summed E-state index contributed by atoms with van der Waals surface area (Å²) in [4.78, 5) is 0. The lowest BCUT2D eigenvalue weighted by atomic mass is 10.0. The molecular formula is C9H19F3N2. The highest BCUT2D eigenvalue weighted by Crippen LogP contribution is 2.31. The smallest absolute Gasteiger partial charge is 0.269 e. The molecule has 0 aliphatic carbocycles. The number of nitrogens with zero attached hydrogens (tertiary/aromatic N) is 1. The van der Waals surface area contributed by atoms with Gasteiger partial charge in [-0.25, -0.2) is 5.01 Å². The molecule has 2 nitrogen and oxygen atoms in total. The number of hydrazine groups is 1. The van der Waals surface area contributed by atoms with Gasteiger partial charge in [0, 0.05) is 12.6 Å². The second-order valence-corrected chi connectivity index (χ2v) is 3.77. The van der Waals surface area contributed by atoms with E-state index in [1.807, 2.05) is 13.8 Å². The number of alkyl halides is 3. The van der Waals surface area contributed by atoms with E-state index in [1.54, 1.807) is 6.92 Å². The van der Waals surface area contributed by atoms with Gasteiger partial charge in [0.2, 0.25) is 0 Å². The summed E-state index contributed by atoms with van der Waals surface area (Å²) in [6.07, 6.45) is -3.89. The average molecular weight is 212 g/mol. The van der Waals surface area contributed by atoms with Crippen LogP contribution in [0.5, 0.6) is 0 Å². The zero-order valence-electron chi connectivity index (χ0n) is 8.93. The number of hydrogen-bond acceptors (Lipinski definition) is 2. The van der Waals surface area contributed by atoms with Crippen LogP contribution in [-0.4, -0.2) is 23.8 Å². The minimum absolute atomic E-state index is 0.0781. The first kappa shape index (κ1) is 13.7. The van der Waals surface area contributed by atoms with Crippen LogP contribution in [0.25, 0.3) is 0 Å². The van der Waals surface area contributed by atoms with Crippen LogP contribution in [0.2, 0.25) is 0 Å². The van der Waals surface area contributed by atoms with E-state index >= 15 is 0 Å². The fraction of sp³-hybridized carbons (Fsp3) is 1.00. The van der Waals surface area contributed by atoms with Gasteiger partial charge in [-0.2, -0.15) is 13.2 Å². The van der Waals surface area contributed by atoms with Gasteiger partial charge in [0.25, 0.3) is 0 Å². The normalized spacial score (nSPS) is 15.2. The molecule has 0 heterocycles. The zero-order chi connectivity index (χ0) is 11.4. The average Bonchev–Trinajstić information content (AvgIpc) is 2.02. The molecule has 0 aromatic rings. The van der Waals surface area contributed by atoms with E-state index in [0.29, 0.717) is 0 Å². The summed E-state index contributed by atoms with van der Waals surface area (Å²) in [6, 6.07) is 0.0840. The van der Waals surface area contributed by atoms with E-state index in [0.717, 1.165) is 0 Å². The summed E-state index contributed by atoms with van der Waals surface area (Å²) in [5.41, 5.74) is 0. The number of halogens is 3. The summed E-state index contributed by atoms with van der Waals surface area (Å²) < 4.78 is 36.9. The Morgan fingerprint density at radius 3 is 2.07 bits per heavy atom. The first-order valence-corrected chi connectivity index (χ1v) is 4.87. The van der Waals surface area contributed by atoms with E-state index in [2.05, 4.69) is 0 Å². The summed E-state index contributed by atoms with van der Waals surface area (Å²) in [7, 11) is 0. The first-order chi connectivity index (χ1) is 6.29. The Morgan fingerprint density at radius 1 is 1.29 bits per heavy atom. The summed E-state index contributed by atoms with van der Waals surface area (Å²) in [6.45, 7) is 5.55. The molecule has 86 valence electrons. The van der Waals surface area contributed by atoms with Crippen LogP contribution >= 0.6 is 0 Å². The lowest BCUT2D eigenvalue weighted by Gasteiger charge is -2.24. The van der Waals surface area contributed by atoms with Crippen molar-refractivity contribution in [1.82, 2.24) is 5.01 Å². The molecule has 0 saturated carbocycles. The lowest BCUT2D eigenvalue weighted by molar-refractivity contribution is -0.178. The van der Waals surface area contributed by atoms with Gasteiger partial charge >= 0.3 is 6.18 Å². The van der Waals surface area contributed by atoms with E-state index in [9.17, 15) is 13.2 Å². The van der Waals surface area contributed by atoms with Gasteiger partial charge in [0.1, 0.15) is 0 Å². The second kappa shape index (κ2) is 5.56. The van der Waals surface area contributed by atoms with E-state index in [-0.39, 0.29) is 25.4 Å². The SMILES string of the molecule is CCC(CCN(N)C(C)C)C(F)(F)F. The van der Waals surface area contributed by atoms with Gasteiger partial charge in [0.15, 0.2) is 0 Å². The Hall–Kier alpha value is -0.290. The molecule has 0 saturated heterocycles. The fourth-order valence-electron chi connectivity index (χ4n) is 1.16. The molecule has 0 aromatic carbocycles. The Balaban J connectivity index is 3.97. The summed E-state index contributed by atoms with van der Waals surface area (Å²) >= 11 is 0. The molecule has 0 aliphatic rings. The van der Waals surface area contributed by atoms with Crippen LogP contribution in [0, 0.1) is 5.92 Å². The Kier molecular flexibility index (Phi) is 5.44. The van der Waals surface area contributed by atoms with Crippen molar-refractivity contribution in [3.8, 4) is 0 Å². The molecule has 0 rings (SSSR count). The van der Waals surface area contributed by atoms with Crippen molar-refractivity contribution >= 4 is 0 Å². The molecule has 0 radical (unpaired) electrons.